The normalized spacial score (nSPS) is 15.4. The molecule has 6 heteroatoms. The van der Waals surface area contributed by atoms with Crippen LogP contribution in [-0.4, -0.2) is 82.8 Å². The number of allylic oxidation sites excluding steroid dienone is 1. The molecule has 1 aliphatic rings. The minimum atomic E-state index is 0.913. The summed E-state index contributed by atoms with van der Waals surface area (Å²) in [4.78, 5) is 11.6. The zero-order chi connectivity index (χ0) is 20.2. The molecule has 1 aromatic rings. The van der Waals surface area contributed by atoms with Crippen molar-refractivity contribution in [3.05, 3.63) is 36.9 Å². The molecule has 0 atom stereocenters. The molecular formula is C22H37N5O. The summed E-state index contributed by atoms with van der Waals surface area (Å²) in [6, 6.07) is 8.37. The SMILES string of the molecule is C=CCCCN(C)C(=NC)NCCCN1CCN(c2ccc(OC)cc2)CC1. The standard InChI is InChI=1S/C22H37N5O/c1-5-6-7-14-25(3)22(23-2)24-13-8-15-26-16-18-27(19-17-26)20-9-11-21(28-4)12-10-20/h5,9-12H,1,6-8,13-19H2,2-4H3,(H,23,24). The number of aliphatic imine (C=N–C) groups is 1. The van der Waals surface area contributed by atoms with Crippen LogP contribution in [0.1, 0.15) is 19.3 Å². The third-order valence-electron chi connectivity index (χ3n) is 5.22. The summed E-state index contributed by atoms with van der Waals surface area (Å²) < 4.78 is 5.24. The molecule has 156 valence electrons. The molecule has 2 rings (SSSR count). The van der Waals surface area contributed by atoms with Crippen LogP contribution in [0.5, 0.6) is 5.75 Å². The minimum absolute atomic E-state index is 0.913. The molecular weight excluding hydrogens is 350 g/mol. The van der Waals surface area contributed by atoms with Gasteiger partial charge < -0.3 is 19.9 Å². The van der Waals surface area contributed by atoms with Gasteiger partial charge in [-0.05, 0) is 50.1 Å². The average Bonchev–Trinajstić information content (AvgIpc) is 2.74. The topological polar surface area (TPSA) is 43.3 Å². The van der Waals surface area contributed by atoms with Gasteiger partial charge in [-0.2, -0.15) is 0 Å². The summed E-state index contributed by atoms with van der Waals surface area (Å²) in [5, 5.41) is 3.48. The molecule has 0 unspecified atom stereocenters. The van der Waals surface area contributed by atoms with Gasteiger partial charge in [-0.3, -0.25) is 9.89 Å². The molecule has 0 spiro atoms. The molecule has 28 heavy (non-hydrogen) atoms. The number of guanidine groups is 1. The second-order valence-corrected chi connectivity index (χ2v) is 7.21. The summed E-state index contributed by atoms with van der Waals surface area (Å²) in [6.07, 6.45) is 5.25. The number of hydrogen-bond donors (Lipinski definition) is 1. The molecule has 1 heterocycles. The number of unbranched alkanes of at least 4 members (excludes halogenated alkanes) is 1. The molecule has 1 N–H and O–H groups in total. The smallest absolute Gasteiger partial charge is 0.193 e. The third-order valence-corrected chi connectivity index (χ3v) is 5.22. The van der Waals surface area contributed by atoms with Crippen molar-refractivity contribution in [2.45, 2.75) is 19.3 Å². The average molecular weight is 388 g/mol. The van der Waals surface area contributed by atoms with Gasteiger partial charge in [-0.25, -0.2) is 0 Å². The van der Waals surface area contributed by atoms with E-state index in [1.54, 1.807) is 7.11 Å². The monoisotopic (exact) mass is 387 g/mol. The van der Waals surface area contributed by atoms with E-state index in [9.17, 15) is 0 Å². The first-order valence-electron chi connectivity index (χ1n) is 10.3. The van der Waals surface area contributed by atoms with Crippen molar-refractivity contribution in [2.75, 3.05) is 71.9 Å². The largest absolute Gasteiger partial charge is 0.497 e. The van der Waals surface area contributed by atoms with E-state index < -0.39 is 0 Å². The van der Waals surface area contributed by atoms with Crippen LogP contribution in [0.2, 0.25) is 0 Å². The van der Waals surface area contributed by atoms with Gasteiger partial charge in [0.15, 0.2) is 5.96 Å². The second-order valence-electron chi connectivity index (χ2n) is 7.21. The lowest BCUT2D eigenvalue weighted by Crippen LogP contribution is -2.47. The molecule has 1 aromatic carbocycles. The lowest BCUT2D eigenvalue weighted by Gasteiger charge is -2.36. The first kappa shape index (κ1) is 22.1. The number of nitrogens with zero attached hydrogens (tertiary/aromatic N) is 4. The van der Waals surface area contributed by atoms with Crippen LogP contribution in [0.25, 0.3) is 0 Å². The summed E-state index contributed by atoms with van der Waals surface area (Å²) in [5.74, 6) is 1.89. The summed E-state index contributed by atoms with van der Waals surface area (Å²) in [5.41, 5.74) is 1.28. The van der Waals surface area contributed by atoms with Crippen LogP contribution >= 0.6 is 0 Å². The zero-order valence-electron chi connectivity index (χ0n) is 17.9. The number of ether oxygens (including phenoxy) is 1. The molecule has 0 amide bonds. The van der Waals surface area contributed by atoms with E-state index in [1.807, 2.05) is 25.3 Å². The third kappa shape index (κ3) is 7.08. The fourth-order valence-electron chi connectivity index (χ4n) is 3.49. The van der Waals surface area contributed by atoms with E-state index in [1.165, 1.54) is 5.69 Å². The molecule has 1 fully saturated rings. The van der Waals surface area contributed by atoms with Gasteiger partial charge in [0.25, 0.3) is 0 Å². The highest BCUT2D eigenvalue weighted by atomic mass is 16.5. The molecule has 1 saturated heterocycles. The predicted molar refractivity (Wildman–Crippen MR) is 120 cm³/mol. The zero-order valence-corrected chi connectivity index (χ0v) is 17.9. The van der Waals surface area contributed by atoms with Crippen LogP contribution < -0.4 is 15.0 Å². The van der Waals surface area contributed by atoms with Gasteiger partial charge in [0.2, 0.25) is 0 Å². The van der Waals surface area contributed by atoms with Crippen molar-refractivity contribution in [2.24, 2.45) is 4.99 Å². The van der Waals surface area contributed by atoms with Crippen molar-refractivity contribution in [3.63, 3.8) is 0 Å². The van der Waals surface area contributed by atoms with Crippen LogP contribution in [-0.2, 0) is 0 Å². The highest BCUT2D eigenvalue weighted by Crippen LogP contribution is 2.20. The highest BCUT2D eigenvalue weighted by molar-refractivity contribution is 5.79. The van der Waals surface area contributed by atoms with E-state index in [0.29, 0.717) is 0 Å². The Morgan fingerprint density at radius 1 is 1.21 bits per heavy atom. The van der Waals surface area contributed by atoms with Crippen molar-refractivity contribution in [3.8, 4) is 5.75 Å². The lowest BCUT2D eigenvalue weighted by atomic mass is 10.2. The fraction of sp³-hybridized carbons (Fsp3) is 0.591. The number of anilines is 1. The molecule has 0 bridgehead atoms. The van der Waals surface area contributed by atoms with Gasteiger partial charge in [0.05, 0.1) is 7.11 Å². The van der Waals surface area contributed by atoms with Crippen LogP contribution in [0.15, 0.2) is 41.9 Å². The fourth-order valence-corrected chi connectivity index (χ4v) is 3.49. The summed E-state index contributed by atoms with van der Waals surface area (Å²) in [7, 11) is 5.65. The van der Waals surface area contributed by atoms with Crippen molar-refractivity contribution in [1.82, 2.24) is 15.1 Å². The summed E-state index contributed by atoms with van der Waals surface area (Å²) >= 11 is 0. The Kier molecular flexibility index (Phi) is 9.69. The first-order chi connectivity index (χ1) is 13.7. The Hall–Kier alpha value is -2.21. The minimum Gasteiger partial charge on any atom is -0.497 e. The Morgan fingerprint density at radius 2 is 1.93 bits per heavy atom. The van der Waals surface area contributed by atoms with E-state index >= 15 is 0 Å². The number of hydrogen-bond acceptors (Lipinski definition) is 4. The molecule has 1 aliphatic heterocycles. The van der Waals surface area contributed by atoms with E-state index in [2.05, 4.69) is 50.8 Å². The molecule has 0 aromatic heterocycles. The van der Waals surface area contributed by atoms with Gasteiger partial charge >= 0.3 is 0 Å². The van der Waals surface area contributed by atoms with Gasteiger partial charge in [0, 0.05) is 59.1 Å². The Balaban J connectivity index is 1.63. The molecule has 6 nitrogen and oxygen atoms in total. The first-order valence-corrected chi connectivity index (χ1v) is 10.3. The van der Waals surface area contributed by atoms with Crippen molar-refractivity contribution < 1.29 is 4.74 Å². The maximum absolute atomic E-state index is 5.24. The van der Waals surface area contributed by atoms with E-state index in [0.717, 1.165) is 76.8 Å². The number of nitrogens with one attached hydrogen (secondary N) is 1. The molecule has 0 aliphatic carbocycles. The Bertz CT molecular complexity index is 593. The maximum Gasteiger partial charge on any atom is 0.193 e. The second kappa shape index (κ2) is 12.3. The van der Waals surface area contributed by atoms with Gasteiger partial charge in [-0.1, -0.05) is 6.08 Å². The Morgan fingerprint density at radius 3 is 2.54 bits per heavy atom. The number of benzene rings is 1. The summed E-state index contributed by atoms with van der Waals surface area (Å²) in [6.45, 7) is 11.2. The maximum atomic E-state index is 5.24. The quantitative estimate of drug-likeness (QED) is 0.289. The number of methoxy groups -OCH3 is 1. The molecule has 0 radical (unpaired) electrons. The van der Waals surface area contributed by atoms with Crippen LogP contribution in [0.3, 0.4) is 0 Å². The van der Waals surface area contributed by atoms with Gasteiger partial charge in [0.1, 0.15) is 5.75 Å². The lowest BCUT2D eigenvalue weighted by molar-refractivity contribution is 0.255. The number of piperazine rings is 1. The molecule has 0 saturated carbocycles. The van der Waals surface area contributed by atoms with Crippen LogP contribution in [0.4, 0.5) is 5.69 Å². The highest BCUT2D eigenvalue weighted by Gasteiger charge is 2.17. The number of rotatable bonds is 10. The van der Waals surface area contributed by atoms with Gasteiger partial charge in [-0.15, -0.1) is 6.58 Å². The van der Waals surface area contributed by atoms with Crippen molar-refractivity contribution in [1.29, 1.82) is 0 Å². The predicted octanol–water partition coefficient (Wildman–Crippen LogP) is 2.68. The Labute approximate surface area is 170 Å². The van der Waals surface area contributed by atoms with E-state index in [-0.39, 0.29) is 0 Å². The van der Waals surface area contributed by atoms with E-state index in [4.69, 9.17) is 4.74 Å². The van der Waals surface area contributed by atoms with Crippen molar-refractivity contribution >= 4 is 11.6 Å². The van der Waals surface area contributed by atoms with Crippen LogP contribution in [0, 0.1) is 0 Å².